The lowest BCUT2D eigenvalue weighted by Crippen LogP contribution is -2.59. The fourth-order valence-electron chi connectivity index (χ4n) is 16.3. The molecule has 1 aromatic heterocycles. The highest BCUT2D eigenvalue weighted by Gasteiger charge is 2.56. The Labute approximate surface area is 381 Å². The van der Waals surface area contributed by atoms with Gasteiger partial charge in [0.25, 0.3) is 0 Å². The van der Waals surface area contributed by atoms with Crippen LogP contribution in [0, 0.1) is 47.3 Å². The second kappa shape index (κ2) is 16.8. The van der Waals surface area contributed by atoms with E-state index in [9.17, 15) is 0 Å². The van der Waals surface area contributed by atoms with Crippen molar-refractivity contribution in [2.45, 2.75) is 140 Å². The normalized spacial score (nSPS) is 34.8. The fraction of sp³-hybridized carbons (Fsp3) is 0.500. The summed E-state index contributed by atoms with van der Waals surface area (Å²) < 4.78 is 17.6. The van der Waals surface area contributed by atoms with Gasteiger partial charge in [-0.15, -0.1) is 0 Å². The van der Waals surface area contributed by atoms with Crippen LogP contribution in [0.2, 0.25) is 0 Å². The molecule has 13 unspecified atom stereocenters. The standard InChI is InChI=1S/C60H68N2O2/c1-3-17-39(18-4-1)43-21-13-15-29-54(43)61(41-31-33-51-50-28-14-16-30-55(50)62(56(51)35-41)40-19-5-2-6-20-40)42-32-34-57-58(36-42)64-60-38-53-49-27-12-10-25-47(49)45-23-8-7-22-44(45)46-24-9-11-26-48(46)52(53)37-59(60)63-57/h1-6,13-21,28-31,33,35,42,44-49,52-53,57-60H,7-12,22-27,32,34,36-38H2. The zero-order chi connectivity index (χ0) is 42.1. The van der Waals surface area contributed by atoms with Gasteiger partial charge in [0.2, 0.25) is 0 Å². The third-order valence-electron chi connectivity index (χ3n) is 18.8. The summed E-state index contributed by atoms with van der Waals surface area (Å²) in [6, 6.07) is 47.6. The Hall–Kier alpha value is -4.38. The minimum absolute atomic E-state index is 0.114. The second-order valence-electron chi connectivity index (χ2n) is 21.7. The van der Waals surface area contributed by atoms with Gasteiger partial charge in [0.15, 0.2) is 0 Å². The summed E-state index contributed by atoms with van der Waals surface area (Å²) in [5.41, 5.74) is 8.74. The van der Waals surface area contributed by atoms with Crippen LogP contribution >= 0.6 is 0 Å². The van der Waals surface area contributed by atoms with Gasteiger partial charge in [-0.25, -0.2) is 0 Å². The Morgan fingerprint density at radius 2 is 0.922 bits per heavy atom. The largest absolute Gasteiger partial charge is 0.370 e. The first-order valence-corrected chi connectivity index (χ1v) is 26.1. The first-order valence-electron chi connectivity index (χ1n) is 26.1. The Balaban J connectivity index is 0.858. The maximum Gasteiger partial charge on any atom is 0.0861 e. The van der Waals surface area contributed by atoms with Crippen molar-refractivity contribution in [3.8, 4) is 16.8 Å². The molecular weight excluding hydrogens is 781 g/mol. The first-order chi connectivity index (χ1) is 31.7. The number of para-hydroxylation sites is 3. The van der Waals surface area contributed by atoms with Gasteiger partial charge in [-0.2, -0.15) is 0 Å². The van der Waals surface area contributed by atoms with Crippen molar-refractivity contribution >= 4 is 33.2 Å². The van der Waals surface area contributed by atoms with Crippen LogP contribution in [0.5, 0.6) is 0 Å². The number of anilines is 2. The molecule has 64 heavy (non-hydrogen) atoms. The number of nitrogens with zero attached hydrogens (tertiary/aromatic N) is 2. The molecule has 6 saturated carbocycles. The van der Waals surface area contributed by atoms with Gasteiger partial charge < -0.3 is 18.9 Å². The van der Waals surface area contributed by atoms with Gasteiger partial charge in [-0.3, -0.25) is 0 Å². The van der Waals surface area contributed by atoms with Gasteiger partial charge in [0.1, 0.15) is 0 Å². The van der Waals surface area contributed by atoms with Gasteiger partial charge >= 0.3 is 0 Å². The van der Waals surface area contributed by atoms with E-state index in [1.54, 1.807) is 0 Å². The predicted octanol–water partition coefficient (Wildman–Crippen LogP) is 15.1. The number of rotatable bonds is 5. The van der Waals surface area contributed by atoms with Crippen LogP contribution in [-0.4, -0.2) is 35.0 Å². The van der Waals surface area contributed by atoms with Crippen molar-refractivity contribution in [2.75, 3.05) is 4.90 Å². The molecule has 0 radical (unpaired) electrons. The number of hydrogen-bond donors (Lipinski definition) is 0. The zero-order valence-corrected chi connectivity index (χ0v) is 37.9. The van der Waals surface area contributed by atoms with Crippen LogP contribution in [0.3, 0.4) is 0 Å². The van der Waals surface area contributed by atoms with Crippen LogP contribution in [0.4, 0.5) is 11.4 Å². The molecule has 13 rings (SSSR count). The molecule has 13 atom stereocenters. The van der Waals surface area contributed by atoms with Crippen LogP contribution in [0.15, 0.2) is 127 Å². The summed E-state index contributed by atoms with van der Waals surface area (Å²) in [7, 11) is 0. The molecule has 1 aliphatic heterocycles. The lowest BCUT2D eigenvalue weighted by Gasteiger charge is -2.60. The minimum Gasteiger partial charge on any atom is -0.370 e. The van der Waals surface area contributed by atoms with E-state index in [-0.39, 0.29) is 30.5 Å². The molecular formula is C60H68N2O2. The van der Waals surface area contributed by atoms with Crippen molar-refractivity contribution in [2.24, 2.45) is 47.3 Å². The maximum absolute atomic E-state index is 7.64. The summed E-state index contributed by atoms with van der Waals surface area (Å²) in [5.74, 6) is 7.40. The minimum atomic E-state index is 0.114. The number of aromatic nitrogens is 1. The Kier molecular flexibility index (Phi) is 10.5. The lowest BCUT2D eigenvalue weighted by atomic mass is 9.48. The molecule has 0 spiro atoms. The molecule has 4 nitrogen and oxygen atoms in total. The van der Waals surface area contributed by atoms with E-state index >= 15 is 0 Å². The molecule has 0 amide bonds. The van der Waals surface area contributed by atoms with Crippen molar-refractivity contribution < 1.29 is 9.47 Å². The molecule has 5 aromatic carbocycles. The van der Waals surface area contributed by atoms with E-state index in [1.165, 1.54) is 140 Å². The van der Waals surface area contributed by atoms with E-state index in [2.05, 4.69) is 137 Å². The molecule has 2 heterocycles. The maximum atomic E-state index is 7.64. The SMILES string of the molecule is c1ccc(-c2ccccc2N(c2ccc3c4ccccc4n(-c4ccccc4)c3c2)C2CCC3OC4CC5C6CCCCC6C6CCCCC6C6CCCCC6C5CC4OC3C2)cc1. The van der Waals surface area contributed by atoms with Gasteiger partial charge in [0, 0.05) is 39.4 Å². The summed E-state index contributed by atoms with van der Waals surface area (Å²) >= 11 is 0. The Morgan fingerprint density at radius 3 is 1.58 bits per heavy atom. The topological polar surface area (TPSA) is 26.6 Å². The quantitative estimate of drug-likeness (QED) is 0.162. The lowest BCUT2D eigenvalue weighted by molar-refractivity contribution is -0.261. The van der Waals surface area contributed by atoms with E-state index in [0.29, 0.717) is 0 Å². The molecule has 1 saturated heterocycles. The van der Waals surface area contributed by atoms with Crippen LogP contribution in [0.1, 0.15) is 109 Å². The second-order valence-corrected chi connectivity index (χ2v) is 21.7. The molecule has 0 bridgehead atoms. The van der Waals surface area contributed by atoms with Crippen LogP contribution in [-0.2, 0) is 9.47 Å². The number of benzene rings is 5. The van der Waals surface area contributed by atoms with Gasteiger partial charge in [-0.1, -0.05) is 130 Å². The summed E-state index contributed by atoms with van der Waals surface area (Å²) in [5, 5.41) is 2.59. The smallest absolute Gasteiger partial charge is 0.0861 e. The highest BCUT2D eigenvalue weighted by atomic mass is 16.6. The van der Waals surface area contributed by atoms with E-state index in [4.69, 9.17) is 9.47 Å². The summed E-state index contributed by atoms with van der Waals surface area (Å²) in [6.07, 6.45) is 24.2. The highest BCUT2D eigenvalue weighted by Crippen LogP contribution is 2.61. The summed E-state index contributed by atoms with van der Waals surface area (Å²) in [6.45, 7) is 0. The van der Waals surface area contributed by atoms with Crippen molar-refractivity contribution in [3.05, 3.63) is 127 Å². The molecule has 330 valence electrons. The Morgan fingerprint density at radius 1 is 0.406 bits per heavy atom. The molecule has 7 fully saturated rings. The first kappa shape index (κ1) is 39.9. The van der Waals surface area contributed by atoms with Crippen LogP contribution in [0.25, 0.3) is 38.6 Å². The number of ether oxygens (including phenoxy) is 2. The predicted molar refractivity (Wildman–Crippen MR) is 262 cm³/mol. The average molecular weight is 849 g/mol. The molecule has 6 aromatic rings. The van der Waals surface area contributed by atoms with Gasteiger partial charge in [-0.05, 0) is 160 Å². The number of hydrogen-bond acceptors (Lipinski definition) is 3. The zero-order valence-electron chi connectivity index (χ0n) is 37.9. The fourth-order valence-corrected chi connectivity index (χ4v) is 16.3. The molecule has 6 aliphatic carbocycles. The van der Waals surface area contributed by atoms with Crippen molar-refractivity contribution in [1.29, 1.82) is 0 Å². The highest BCUT2D eigenvalue weighted by molar-refractivity contribution is 6.10. The van der Waals surface area contributed by atoms with E-state index in [0.717, 1.165) is 66.6 Å². The van der Waals surface area contributed by atoms with E-state index < -0.39 is 0 Å². The van der Waals surface area contributed by atoms with E-state index in [1.807, 2.05) is 0 Å². The van der Waals surface area contributed by atoms with Crippen LogP contribution < -0.4 is 4.90 Å². The third-order valence-corrected chi connectivity index (χ3v) is 18.8. The molecule has 0 N–H and O–H groups in total. The number of fused-ring (bicyclic) bond motifs is 13. The Bertz CT molecular complexity index is 2580. The van der Waals surface area contributed by atoms with Crippen molar-refractivity contribution in [1.82, 2.24) is 4.57 Å². The molecule has 4 heteroatoms. The summed E-state index contributed by atoms with van der Waals surface area (Å²) in [4.78, 5) is 2.71. The molecule has 7 aliphatic rings. The average Bonchev–Trinajstić information content (AvgIpc) is 3.69. The van der Waals surface area contributed by atoms with Gasteiger partial charge in [0.05, 0.1) is 35.4 Å². The van der Waals surface area contributed by atoms with Crippen molar-refractivity contribution in [3.63, 3.8) is 0 Å². The monoisotopic (exact) mass is 849 g/mol. The third kappa shape index (κ3) is 6.82.